The molecule has 0 saturated heterocycles. The monoisotopic (exact) mass is 454 g/mol. The van der Waals surface area contributed by atoms with Crippen LogP contribution in [0.25, 0.3) is 11.1 Å². The number of nitrogens with one attached hydrogen (secondary N) is 2. The van der Waals surface area contributed by atoms with Crippen LogP contribution in [0.1, 0.15) is 44.2 Å². The van der Waals surface area contributed by atoms with Crippen LogP contribution in [0, 0.1) is 5.41 Å². The molecule has 2 aromatic carbocycles. The zero-order valence-electron chi connectivity index (χ0n) is 19.0. The van der Waals surface area contributed by atoms with Gasteiger partial charge < -0.3 is 25.6 Å². The lowest BCUT2D eigenvalue weighted by atomic mass is 9.87. The minimum absolute atomic E-state index is 0.0953. The first kappa shape index (κ1) is 24.3. The highest BCUT2D eigenvalue weighted by molar-refractivity contribution is 5.89. The van der Waals surface area contributed by atoms with Crippen molar-refractivity contribution in [2.45, 2.75) is 45.2 Å². The summed E-state index contributed by atoms with van der Waals surface area (Å²) < 4.78 is 5.52. The molecule has 0 aromatic heterocycles. The SMILES string of the molecule is CC(C)(C)CC(NC(=O)OCC1c2ccccc2-c2ccccc21)C(=O)N[C@@H](CO)C(=O)O. The molecule has 4 N–H and O–H groups in total. The third kappa shape index (κ3) is 5.90. The van der Waals surface area contributed by atoms with Crippen LogP contribution in [-0.4, -0.2) is 53.5 Å². The van der Waals surface area contributed by atoms with Gasteiger partial charge in [0.1, 0.15) is 18.7 Å². The van der Waals surface area contributed by atoms with Gasteiger partial charge in [-0.15, -0.1) is 0 Å². The number of fused-ring (bicyclic) bond motifs is 3. The molecule has 0 radical (unpaired) electrons. The van der Waals surface area contributed by atoms with Crippen LogP contribution in [0.2, 0.25) is 0 Å². The van der Waals surface area contributed by atoms with Gasteiger partial charge in [-0.3, -0.25) is 4.79 Å². The number of aliphatic hydroxyl groups is 1. The first-order valence-electron chi connectivity index (χ1n) is 10.9. The number of rotatable bonds is 8. The largest absolute Gasteiger partial charge is 0.480 e. The van der Waals surface area contributed by atoms with Crippen LogP contribution < -0.4 is 10.6 Å². The van der Waals surface area contributed by atoms with E-state index in [1.165, 1.54) is 0 Å². The number of hydrogen-bond donors (Lipinski definition) is 4. The van der Waals surface area contributed by atoms with E-state index in [0.717, 1.165) is 22.3 Å². The third-order valence-corrected chi connectivity index (χ3v) is 5.57. The predicted molar refractivity (Wildman–Crippen MR) is 123 cm³/mol. The molecule has 33 heavy (non-hydrogen) atoms. The summed E-state index contributed by atoms with van der Waals surface area (Å²) in [5.74, 6) is -2.18. The molecule has 0 saturated carbocycles. The Morgan fingerprint density at radius 2 is 1.48 bits per heavy atom. The van der Waals surface area contributed by atoms with E-state index in [-0.39, 0.29) is 24.4 Å². The number of aliphatic hydroxyl groups excluding tert-OH is 1. The Morgan fingerprint density at radius 1 is 0.939 bits per heavy atom. The van der Waals surface area contributed by atoms with Gasteiger partial charge in [0.25, 0.3) is 0 Å². The Balaban J connectivity index is 1.69. The number of amides is 2. The second-order valence-corrected chi connectivity index (χ2v) is 9.37. The highest BCUT2D eigenvalue weighted by atomic mass is 16.5. The topological polar surface area (TPSA) is 125 Å². The maximum Gasteiger partial charge on any atom is 0.407 e. The highest BCUT2D eigenvalue weighted by Crippen LogP contribution is 2.44. The van der Waals surface area contributed by atoms with E-state index in [9.17, 15) is 19.5 Å². The summed E-state index contributed by atoms with van der Waals surface area (Å²) in [6.07, 6.45) is -0.516. The van der Waals surface area contributed by atoms with E-state index >= 15 is 0 Å². The van der Waals surface area contributed by atoms with Gasteiger partial charge in [-0.2, -0.15) is 0 Å². The zero-order chi connectivity index (χ0) is 24.2. The van der Waals surface area contributed by atoms with Gasteiger partial charge in [0.15, 0.2) is 0 Å². The van der Waals surface area contributed by atoms with Gasteiger partial charge in [0, 0.05) is 5.92 Å². The van der Waals surface area contributed by atoms with Gasteiger partial charge in [-0.1, -0.05) is 69.3 Å². The summed E-state index contributed by atoms with van der Waals surface area (Å²) in [5, 5.41) is 23.1. The zero-order valence-corrected chi connectivity index (χ0v) is 19.0. The van der Waals surface area contributed by atoms with E-state index in [1.54, 1.807) is 0 Å². The number of benzene rings is 2. The second-order valence-electron chi connectivity index (χ2n) is 9.37. The molecular weight excluding hydrogens is 424 g/mol. The molecule has 1 aliphatic rings. The maximum atomic E-state index is 12.7. The van der Waals surface area contributed by atoms with Gasteiger partial charge in [-0.05, 0) is 34.1 Å². The minimum atomic E-state index is -1.45. The van der Waals surface area contributed by atoms with Crippen molar-refractivity contribution in [1.82, 2.24) is 10.6 Å². The molecule has 0 fully saturated rings. The summed E-state index contributed by atoms with van der Waals surface area (Å²) >= 11 is 0. The van der Waals surface area contributed by atoms with Gasteiger partial charge in [-0.25, -0.2) is 9.59 Å². The Hall–Kier alpha value is -3.39. The molecule has 1 aliphatic carbocycles. The number of hydrogen-bond acceptors (Lipinski definition) is 5. The van der Waals surface area contributed by atoms with Crippen LogP contribution in [0.5, 0.6) is 0 Å². The number of carboxylic acid groups (broad SMARTS) is 1. The lowest BCUT2D eigenvalue weighted by Crippen LogP contribution is -2.53. The molecule has 2 amide bonds. The van der Waals surface area contributed by atoms with Crippen molar-refractivity contribution in [2.75, 3.05) is 13.2 Å². The van der Waals surface area contributed by atoms with Crippen LogP contribution in [0.15, 0.2) is 48.5 Å². The quantitative estimate of drug-likeness (QED) is 0.486. The molecule has 2 aromatic rings. The molecule has 176 valence electrons. The van der Waals surface area contributed by atoms with Crippen LogP contribution in [-0.2, 0) is 14.3 Å². The Bertz CT molecular complexity index is 984. The fourth-order valence-corrected chi connectivity index (χ4v) is 4.06. The van der Waals surface area contributed by atoms with E-state index in [2.05, 4.69) is 10.6 Å². The van der Waals surface area contributed by atoms with Crippen molar-refractivity contribution < 1.29 is 29.3 Å². The first-order chi connectivity index (χ1) is 15.6. The van der Waals surface area contributed by atoms with Crippen LogP contribution in [0.3, 0.4) is 0 Å². The molecule has 0 heterocycles. The summed E-state index contributed by atoms with van der Waals surface area (Å²) in [6.45, 7) is 5.03. The molecule has 0 aliphatic heterocycles. The molecule has 8 nitrogen and oxygen atoms in total. The van der Waals surface area contributed by atoms with Crippen molar-refractivity contribution in [3.8, 4) is 11.1 Å². The van der Waals surface area contributed by atoms with Gasteiger partial charge >= 0.3 is 12.1 Å². The number of carbonyl (C=O) groups excluding carboxylic acids is 2. The number of ether oxygens (including phenoxy) is 1. The molecule has 0 spiro atoms. The first-order valence-corrected chi connectivity index (χ1v) is 10.9. The Labute approximate surface area is 193 Å². The van der Waals surface area contributed by atoms with Crippen LogP contribution >= 0.6 is 0 Å². The van der Waals surface area contributed by atoms with E-state index in [4.69, 9.17) is 9.84 Å². The van der Waals surface area contributed by atoms with E-state index < -0.39 is 36.7 Å². The summed E-state index contributed by atoms with van der Waals surface area (Å²) in [4.78, 5) is 36.5. The maximum absolute atomic E-state index is 12.7. The highest BCUT2D eigenvalue weighted by Gasteiger charge is 2.32. The summed E-state index contributed by atoms with van der Waals surface area (Å²) in [7, 11) is 0. The lowest BCUT2D eigenvalue weighted by Gasteiger charge is -2.27. The van der Waals surface area contributed by atoms with E-state index in [1.807, 2.05) is 69.3 Å². The fourth-order valence-electron chi connectivity index (χ4n) is 4.06. The normalized spacial score (nSPS) is 14.5. The molecule has 0 bridgehead atoms. The second kappa shape index (κ2) is 10.0. The predicted octanol–water partition coefficient (Wildman–Crippen LogP) is 2.89. The van der Waals surface area contributed by atoms with Crippen molar-refractivity contribution in [3.63, 3.8) is 0 Å². The Kier molecular flexibility index (Phi) is 7.38. The Morgan fingerprint density at radius 3 is 1.97 bits per heavy atom. The molecule has 2 atom stereocenters. The molecule has 3 rings (SSSR count). The third-order valence-electron chi connectivity index (χ3n) is 5.57. The molecule has 8 heteroatoms. The number of carbonyl (C=O) groups is 3. The van der Waals surface area contributed by atoms with Gasteiger partial charge in [0.2, 0.25) is 5.91 Å². The van der Waals surface area contributed by atoms with E-state index in [0.29, 0.717) is 0 Å². The van der Waals surface area contributed by atoms with Gasteiger partial charge in [0.05, 0.1) is 6.61 Å². The number of aliphatic carboxylic acids is 1. The van der Waals surface area contributed by atoms with Crippen molar-refractivity contribution in [2.24, 2.45) is 5.41 Å². The fraction of sp³-hybridized carbons (Fsp3) is 0.400. The molecule has 1 unspecified atom stereocenters. The van der Waals surface area contributed by atoms with Crippen molar-refractivity contribution in [1.29, 1.82) is 0 Å². The standard InChI is InChI=1S/C25H30N2O6/c1-25(2,3)12-20(22(29)26-21(13-28)23(30)31)27-24(32)33-14-19-17-10-6-4-8-15(17)16-9-5-7-11-18(16)19/h4-11,19-21,28H,12-14H2,1-3H3,(H,26,29)(H,27,32)(H,30,31)/t20?,21-/m0/s1. The average Bonchev–Trinajstić information content (AvgIpc) is 3.08. The summed E-state index contributed by atoms with van der Waals surface area (Å²) in [5.41, 5.74) is 4.02. The average molecular weight is 455 g/mol. The van der Waals surface area contributed by atoms with Crippen molar-refractivity contribution in [3.05, 3.63) is 59.7 Å². The summed E-state index contributed by atoms with van der Waals surface area (Å²) in [6, 6.07) is 13.5. The smallest absolute Gasteiger partial charge is 0.407 e. The number of carboxylic acids is 1. The minimum Gasteiger partial charge on any atom is -0.480 e. The van der Waals surface area contributed by atoms with Crippen LogP contribution in [0.4, 0.5) is 4.79 Å². The lowest BCUT2D eigenvalue weighted by molar-refractivity contribution is -0.143. The molecular formula is C25H30N2O6. The number of alkyl carbamates (subject to hydrolysis) is 1. The van der Waals surface area contributed by atoms with Crippen molar-refractivity contribution >= 4 is 18.0 Å².